The van der Waals surface area contributed by atoms with Crippen LogP contribution in [0.2, 0.25) is 0 Å². The number of aliphatic hydroxyl groups excluding tert-OH is 1. The summed E-state index contributed by atoms with van der Waals surface area (Å²) in [5.74, 6) is -3.39. The van der Waals surface area contributed by atoms with E-state index in [0.29, 0.717) is 0 Å². The Morgan fingerprint density at radius 2 is 2.00 bits per heavy atom. The van der Waals surface area contributed by atoms with E-state index >= 15 is 0 Å². The molecule has 0 fully saturated rings. The maximum Gasteiger partial charge on any atom is 0.332 e. The predicted molar refractivity (Wildman–Crippen MR) is 51.3 cm³/mol. The lowest BCUT2D eigenvalue weighted by Crippen LogP contribution is -2.53. The normalized spacial score (nSPS) is 13.7. The number of rotatable bonds is 6. The minimum Gasteiger partial charge on any atom is -0.480 e. The fourth-order valence-electron chi connectivity index (χ4n) is 0.786. The van der Waals surface area contributed by atoms with Gasteiger partial charge in [0.1, 0.15) is 6.04 Å². The maximum absolute atomic E-state index is 11.2. The van der Waals surface area contributed by atoms with Crippen molar-refractivity contribution in [2.75, 3.05) is 13.2 Å². The molecule has 8 nitrogen and oxygen atoms in total. The molecular weight excluding hydrogens is 220 g/mol. The van der Waals surface area contributed by atoms with Gasteiger partial charge >= 0.3 is 11.9 Å². The molecule has 2 unspecified atom stereocenters. The summed E-state index contributed by atoms with van der Waals surface area (Å²) < 4.78 is 4.47. The standard InChI is InChI=1S/C8H14N2O6/c1-2-16-8(15)5(9)6(12)10-4(3-11)7(13)14/h4-5,11H,2-3,9H2,1H3,(H,10,12)(H,13,14). The molecule has 0 saturated heterocycles. The van der Waals surface area contributed by atoms with Gasteiger partial charge in [0.25, 0.3) is 0 Å². The van der Waals surface area contributed by atoms with Crippen molar-refractivity contribution in [1.29, 1.82) is 0 Å². The van der Waals surface area contributed by atoms with Crippen LogP contribution >= 0.6 is 0 Å². The number of esters is 1. The molecule has 16 heavy (non-hydrogen) atoms. The third-order valence-corrected chi connectivity index (χ3v) is 1.62. The topological polar surface area (TPSA) is 139 Å². The molecule has 0 heterocycles. The number of nitrogens with two attached hydrogens (primary N) is 1. The number of hydrogen-bond donors (Lipinski definition) is 4. The van der Waals surface area contributed by atoms with Crippen molar-refractivity contribution in [1.82, 2.24) is 5.32 Å². The van der Waals surface area contributed by atoms with Crippen LogP contribution in [0.5, 0.6) is 0 Å². The molecule has 0 aliphatic carbocycles. The molecule has 0 aromatic rings. The summed E-state index contributed by atoms with van der Waals surface area (Å²) in [7, 11) is 0. The van der Waals surface area contributed by atoms with Gasteiger partial charge in [-0.15, -0.1) is 0 Å². The summed E-state index contributed by atoms with van der Waals surface area (Å²) in [4.78, 5) is 32.7. The Labute approximate surface area is 91.4 Å². The number of aliphatic hydroxyl groups is 1. The summed E-state index contributed by atoms with van der Waals surface area (Å²) in [5.41, 5.74) is 5.19. The molecule has 92 valence electrons. The van der Waals surface area contributed by atoms with Crippen molar-refractivity contribution in [2.45, 2.75) is 19.0 Å². The van der Waals surface area contributed by atoms with Crippen LogP contribution in [0.15, 0.2) is 0 Å². The molecular formula is C8H14N2O6. The van der Waals surface area contributed by atoms with Crippen LogP contribution in [-0.2, 0) is 19.1 Å². The second-order valence-corrected chi connectivity index (χ2v) is 2.81. The number of ether oxygens (including phenoxy) is 1. The fraction of sp³-hybridized carbons (Fsp3) is 0.625. The highest BCUT2D eigenvalue weighted by molar-refractivity contribution is 6.02. The smallest absolute Gasteiger partial charge is 0.332 e. The molecule has 5 N–H and O–H groups in total. The van der Waals surface area contributed by atoms with E-state index in [-0.39, 0.29) is 6.61 Å². The highest BCUT2D eigenvalue weighted by Crippen LogP contribution is 1.89. The van der Waals surface area contributed by atoms with E-state index in [1.165, 1.54) is 6.92 Å². The maximum atomic E-state index is 11.2. The fourth-order valence-corrected chi connectivity index (χ4v) is 0.786. The number of nitrogens with one attached hydrogen (secondary N) is 1. The van der Waals surface area contributed by atoms with Gasteiger partial charge < -0.3 is 26.0 Å². The number of carbonyl (C=O) groups is 3. The van der Waals surface area contributed by atoms with E-state index in [9.17, 15) is 14.4 Å². The molecule has 0 radical (unpaired) electrons. The average Bonchev–Trinajstić information content (AvgIpc) is 2.24. The second kappa shape index (κ2) is 6.75. The Balaban J connectivity index is 4.34. The zero-order valence-electron chi connectivity index (χ0n) is 8.67. The van der Waals surface area contributed by atoms with Crippen LogP contribution in [-0.4, -0.2) is 53.4 Å². The quantitative estimate of drug-likeness (QED) is 0.293. The Morgan fingerprint density at radius 1 is 1.44 bits per heavy atom. The van der Waals surface area contributed by atoms with Crippen molar-refractivity contribution in [2.24, 2.45) is 5.73 Å². The number of carbonyl (C=O) groups excluding carboxylic acids is 2. The van der Waals surface area contributed by atoms with E-state index < -0.39 is 36.5 Å². The van der Waals surface area contributed by atoms with Gasteiger partial charge in [0, 0.05) is 0 Å². The molecule has 1 amide bonds. The summed E-state index contributed by atoms with van der Waals surface area (Å²) in [5, 5.41) is 19.0. The van der Waals surface area contributed by atoms with Crippen molar-refractivity contribution >= 4 is 17.8 Å². The van der Waals surface area contributed by atoms with Crippen LogP contribution < -0.4 is 11.1 Å². The number of carboxylic acid groups (broad SMARTS) is 1. The van der Waals surface area contributed by atoms with Crippen LogP contribution in [0, 0.1) is 0 Å². The highest BCUT2D eigenvalue weighted by atomic mass is 16.5. The lowest BCUT2D eigenvalue weighted by molar-refractivity contribution is -0.150. The van der Waals surface area contributed by atoms with E-state index in [1.54, 1.807) is 0 Å². The van der Waals surface area contributed by atoms with Gasteiger partial charge in [-0.05, 0) is 6.92 Å². The van der Waals surface area contributed by atoms with Crippen LogP contribution in [0.1, 0.15) is 6.92 Å². The minimum absolute atomic E-state index is 0.0577. The van der Waals surface area contributed by atoms with Gasteiger partial charge in [0.05, 0.1) is 13.2 Å². The average molecular weight is 234 g/mol. The molecule has 0 aromatic carbocycles. The third kappa shape index (κ3) is 4.24. The molecule has 2 atom stereocenters. The first-order valence-corrected chi connectivity index (χ1v) is 4.50. The van der Waals surface area contributed by atoms with Crippen LogP contribution in [0.4, 0.5) is 0 Å². The Morgan fingerprint density at radius 3 is 2.38 bits per heavy atom. The molecule has 0 aromatic heterocycles. The zero-order valence-corrected chi connectivity index (χ0v) is 8.67. The van der Waals surface area contributed by atoms with Gasteiger partial charge in [-0.2, -0.15) is 0 Å². The Hall–Kier alpha value is -1.67. The van der Waals surface area contributed by atoms with Crippen LogP contribution in [0.3, 0.4) is 0 Å². The molecule has 0 spiro atoms. The first kappa shape index (κ1) is 14.3. The minimum atomic E-state index is -1.60. The summed E-state index contributed by atoms with van der Waals surface area (Å²) in [6.45, 7) is 0.801. The van der Waals surface area contributed by atoms with Crippen molar-refractivity contribution in [3.8, 4) is 0 Å². The lowest BCUT2D eigenvalue weighted by atomic mass is 10.2. The second-order valence-electron chi connectivity index (χ2n) is 2.81. The van der Waals surface area contributed by atoms with Gasteiger partial charge in [0.15, 0.2) is 6.04 Å². The monoisotopic (exact) mass is 234 g/mol. The summed E-state index contributed by atoms with van der Waals surface area (Å²) >= 11 is 0. The van der Waals surface area contributed by atoms with Gasteiger partial charge in [-0.1, -0.05) is 0 Å². The number of carboxylic acids is 1. The van der Waals surface area contributed by atoms with Crippen LogP contribution in [0.25, 0.3) is 0 Å². The van der Waals surface area contributed by atoms with Crippen molar-refractivity contribution < 1.29 is 29.3 Å². The van der Waals surface area contributed by atoms with E-state index in [0.717, 1.165) is 0 Å². The molecule has 0 bridgehead atoms. The largest absolute Gasteiger partial charge is 0.480 e. The molecule has 0 saturated carbocycles. The highest BCUT2D eigenvalue weighted by Gasteiger charge is 2.27. The Bertz CT molecular complexity index is 280. The van der Waals surface area contributed by atoms with Gasteiger partial charge in [0.2, 0.25) is 5.91 Å². The Kier molecular flexibility index (Phi) is 6.04. The van der Waals surface area contributed by atoms with Gasteiger partial charge in [-0.25, -0.2) is 9.59 Å². The van der Waals surface area contributed by atoms with Crippen molar-refractivity contribution in [3.05, 3.63) is 0 Å². The number of aliphatic carboxylic acids is 1. The summed E-state index contributed by atoms with van der Waals surface area (Å²) in [6.07, 6.45) is 0. The number of hydrogen-bond acceptors (Lipinski definition) is 6. The zero-order chi connectivity index (χ0) is 12.7. The first-order valence-electron chi connectivity index (χ1n) is 4.50. The van der Waals surface area contributed by atoms with E-state index in [4.69, 9.17) is 15.9 Å². The van der Waals surface area contributed by atoms with E-state index in [2.05, 4.69) is 4.74 Å². The number of amides is 1. The third-order valence-electron chi connectivity index (χ3n) is 1.62. The molecule has 8 heteroatoms. The van der Waals surface area contributed by atoms with E-state index in [1.807, 2.05) is 5.32 Å². The SMILES string of the molecule is CCOC(=O)C(N)C(=O)NC(CO)C(=O)O. The van der Waals surface area contributed by atoms with Gasteiger partial charge in [-0.3, -0.25) is 4.79 Å². The van der Waals surface area contributed by atoms with Crippen molar-refractivity contribution in [3.63, 3.8) is 0 Å². The molecule has 0 aliphatic heterocycles. The molecule has 0 aliphatic rings. The predicted octanol–water partition coefficient (Wildman–Crippen LogP) is -2.56. The lowest BCUT2D eigenvalue weighted by Gasteiger charge is -2.14. The summed E-state index contributed by atoms with van der Waals surface area (Å²) in [6, 6.07) is -3.10. The first-order chi connectivity index (χ1) is 7.43. The molecule has 0 rings (SSSR count).